The molecule has 3 aromatic rings. The molecule has 0 radical (unpaired) electrons. The highest BCUT2D eigenvalue weighted by molar-refractivity contribution is 7.07. The van der Waals surface area contributed by atoms with Crippen molar-refractivity contribution >= 4 is 28.3 Å². The molecule has 0 bridgehead atoms. The molecule has 0 saturated heterocycles. The molecule has 2 N–H and O–H groups in total. The van der Waals surface area contributed by atoms with E-state index in [4.69, 9.17) is 0 Å². The maximum atomic E-state index is 12.4. The Balaban J connectivity index is 2.02. The van der Waals surface area contributed by atoms with E-state index in [2.05, 4.69) is 10.3 Å². The van der Waals surface area contributed by atoms with E-state index in [-0.39, 0.29) is 22.5 Å². The predicted molar refractivity (Wildman–Crippen MR) is 89.5 cm³/mol. The van der Waals surface area contributed by atoms with Crippen molar-refractivity contribution in [2.24, 2.45) is 21.1 Å². The average Bonchev–Trinajstić information content (AvgIpc) is 3.12. The summed E-state index contributed by atoms with van der Waals surface area (Å²) >= 11 is 1.02. The van der Waals surface area contributed by atoms with E-state index in [1.165, 1.54) is 22.2 Å². The molecule has 0 aliphatic carbocycles. The van der Waals surface area contributed by atoms with E-state index in [9.17, 15) is 19.2 Å². The number of rotatable bonds is 3. The Morgan fingerprint density at radius 2 is 1.88 bits per heavy atom. The third-order valence-corrected chi connectivity index (χ3v) is 4.59. The molecule has 0 unspecified atom stereocenters. The molecular weight excluding hydrogens is 334 g/mol. The Bertz CT molecular complexity index is 1130. The number of aryl methyl sites for hydroxylation is 2. The molecule has 0 spiro atoms. The summed E-state index contributed by atoms with van der Waals surface area (Å²) in [4.78, 5) is 50.2. The second-order valence-corrected chi connectivity index (χ2v) is 6.23. The fourth-order valence-electron chi connectivity index (χ4n) is 2.62. The van der Waals surface area contributed by atoms with Gasteiger partial charge in [0.1, 0.15) is 11.3 Å². The van der Waals surface area contributed by atoms with Crippen LogP contribution in [-0.2, 0) is 27.7 Å². The Morgan fingerprint density at radius 3 is 2.50 bits per heavy atom. The summed E-state index contributed by atoms with van der Waals surface area (Å²) in [5, 5.41) is 4.60. The highest BCUT2D eigenvalue weighted by Crippen LogP contribution is 2.13. The first-order valence-corrected chi connectivity index (χ1v) is 7.89. The molecule has 0 aliphatic heterocycles. The van der Waals surface area contributed by atoms with Crippen molar-refractivity contribution in [3.8, 4) is 0 Å². The summed E-state index contributed by atoms with van der Waals surface area (Å²) in [6.07, 6.45) is 0. The maximum Gasteiger partial charge on any atom is 0.332 e. The van der Waals surface area contributed by atoms with Gasteiger partial charge in [-0.15, -0.1) is 0 Å². The van der Waals surface area contributed by atoms with E-state index < -0.39 is 17.2 Å². The van der Waals surface area contributed by atoms with Crippen LogP contribution in [0, 0.1) is 0 Å². The van der Waals surface area contributed by atoms with Gasteiger partial charge in [0.05, 0.1) is 11.9 Å². The summed E-state index contributed by atoms with van der Waals surface area (Å²) in [7, 11) is 4.55. The van der Waals surface area contributed by atoms with Crippen molar-refractivity contribution in [3.63, 3.8) is 0 Å². The summed E-state index contributed by atoms with van der Waals surface area (Å²) in [5.41, 5.74) is 0.305. The minimum absolute atomic E-state index is 0.163. The minimum Gasteiger partial charge on any atom is -0.345 e. The molecule has 0 aliphatic rings. The minimum atomic E-state index is -0.462. The number of amides is 1. The quantitative estimate of drug-likeness (QED) is 0.648. The second kappa shape index (κ2) is 5.64. The highest BCUT2D eigenvalue weighted by atomic mass is 32.1. The van der Waals surface area contributed by atoms with Crippen LogP contribution >= 0.6 is 11.3 Å². The molecule has 9 nitrogen and oxygen atoms in total. The van der Waals surface area contributed by atoms with Crippen molar-refractivity contribution in [1.29, 1.82) is 0 Å². The van der Waals surface area contributed by atoms with Crippen LogP contribution in [0.4, 0.5) is 0 Å². The molecule has 10 heteroatoms. The van der Waals surface area contributed by atoms with Gasteiger partial charge in [-0.05, 0) is 6.07 Å². The first-order chi connectivity index (χ1) is 11.3. The van der Waals surface area contributed by atoms with Crippen molar-refractivity contribution in [1.82, 2.24) is 24.0 Å². The number of fused-ring (bicyclic) bond motifs is 1. The number of H-pyrrole nitrogens is 1. The van der Waals surface area contributed by atoms with Gasteiger partial charge in [0.25, 0.3) is 11.5 Å². The van der Waals surface area contributed by atoms with Crippen LogP contribution in [0.15, 0.2) is 25.8 Å². The number of nitrogens with zero attached hydrogens (tertiary/aromatic N) is 3. The van der Waals surface area contributed by atoms with Gasteiger partial charge < -0.3 is 14.9 Å². The van der Waals surface area contributed by atoms with Gasteiger partial charge in [0.15, 0.2) is 0 Å². The van der Waals surface area contributed by atoms with Crippen LogP contribution in [0.25, 0.3) is 11.0 Å². The van der Waals surface area contributed by atoms with Crippen LogP contribution in [0.1, 0.15) is 16.2 Å². The largest absolute Gasteiger partial charge is 0.345 e. The van der Waals surface area contributed by atoms with Crippen molar-refractivity contribution in [3.05, 3.63) is 53.3 Å². The monoisotopic (exact) mass is 349 g/mol. The van der Waals surface area contributed by atoms with E-state index in [1.54, 1.807) is 19.5 Å². The lowest BCUT2D eigenvalue weighted by Gasteiger charge is -2.08. The van der Waals surface area contributed by atoms with Crippen LogP contribution in [0.2, 0.25) is 0 Å². The van der Waals surface area contributed by atoms with Crippen LogP contribution in [0.3, 0.4) is 0 Å². The van der Waals surface area contributed by atoms with Crippen LogP contribution < -0.4 is 21.4 Å². The van der Waals surface area contributed by atoms with Crippen molar-refractivity contribution in [2.75, 3.05) is 0 Å². The molecule has 1 amide bonds. The average molecular weight is 349 g/mol. The van der Waals surface area contributed by atoms with Gasteiger partial charge >= 0.3 is 10.6 Å². The standard InChI is InChI=1S/C14H15N5O4S/c1-17-9(10(20)15-5-7-6-24-13(22)16-7)4-8-11(17)18(2)14(23)19(3)12(8)21/h4,6H,5H2,1-3H3,(H,15,20)(H,16,22). The first kappa shape index (κ1) is 16.0. The lowest BCUT2D eigenvalue weighted by Crippen LogP contribution is -2.37. The lowest BCUT2D eigenvalue weighted by atomic mass is 10.3. The molecule has 0 atom stereocenters. The fraction of sp³-hybridized carbons (Fsp3) is 0.286. The molecule has 3 rings (SSSR count). The number of aromatic amines is 1. The van der Waals surface area contributed by atoms with Crippen molar-refractivity contribution < 1.29 is 4.79 Å². The zero-order valence-electron chi connectivity index (χ0n) is 13.2. The number of carbonyl (C=O) groups excluding carboxylic acids is 1. The Kier molecular flexibility index (Phi) is 3.76. The summed E-state index contributed by atoms with van der Waals surface area (Å²) in [6, 6.07) is 1.46. The van der Waals surface area contributed by atoms with E-state index in [0.717, 1.165) is 15.9 Å². The zero-order valence-corrected chi connectivity index (χ0v) is 14.1. The first-order valence-electron chi connectivity index (χ1n) is 7.01. The molecule has 126 valence electrons. The molecule has 0 saturated carbocycles. The molecule has 24 heavy (non-hydrogen) atoms. The number of nitrogens with one attached hydrogen (secondary N) is 2. The topological polar surface area (TPSA) is 111 Å². The van der Waals surface area contributed by atoms with E-state index >= 15 is 0 Å². The molecule has 0 fully saturated rings. The molecule has 3 aromatic heterocycles. The number of carbonyl (C=O) groups is 1. The van der Waals surface area contributed by atoms with Crippen LogP contribution in [0.5, 0.6) is 0 Å². The van der Waals surface area contributed by atoms with Crippen LogP contribution in [-0.4, -0.2) is 24.6 Å². The van der Waals surface area contributed by atoms with E-state index in [0.29, 0.717) is 11.3 Å². The zero-order chi connectivity index (χ0) is 17.6. The SMILES string of the molecule is Cn1c(=O)c2cc(C(=O)NCc3csc(=O)[nH]3)n(C)c2n(C)c1=O. The normalized spacial score (nSPS) is 11.1. The fourth-order valence-corrected chi connectivity index (χ4v) is 3.21. The number of aromatic nitrogens is 4. The van der Waals surface area contributed by atoms with Crippen molar-refractivity contribution in [2.45, 2.75) is 6.54 Å². The Labute approximate surface area is 138 Å². The van der Waals surface area contributed by atoms with E-state index in [1.807, 2.05) is 0 Å². The third-order valence-electron chi connectivity index (χ3n) is 3.87. The third kappa shape index (κ3) is 2.40. The number of thiazole rings is 1. The molecular formula is C14H15N5O4S. The van der Waals surface area contributed by atoms with Gasteiger partial charge in [-0.3, -0.25) is 23.5 Å². The Hall–Kier alpha value is -2.88. The maximum absolute atomic E-state index is 12.4. The predicted octanol–water partition coefficient (Wildman–Crippen LogP) is -0.744. The highest BCUT2D eigenvalue weighted by Gasteiger charge is 2.19. The Morgan fingerprint density at radius 1 is 1.17 bits per heavy atom. The van der Waals surface area contributed by atoms with Gasteiger partial charge in [0.2, 0.25) is 0 Å². The molecule has 0 aromatic carbocycles. The molecule has 3 heterocycles. The van der Waals surface area contributed by atoms with Gasteiger partial charge in [-0.25, -0.2) is 4.79 Å². The van der Waals surface area contributed by atoms with Gasteiger partial charge in [-0.1, -0.05) is 11.3 Å². The summed E-state index contributed by atoms with van der Waals surface area (Å²) in [5.74, 6) is -0.407. The smallest absolute Gasteiger partial charge is 0.332 e. The lowest BCUT2D eigenvalue weighted by molar-refractivity contribution is 0.0942. The number of hydrogen-bond donors (Lipinski definition) is 2. The summed E-state index contributed by atoms with van der Waals surface area (Å²) in [6.45, 7) is 0.163. The van der Waals surface area contributed by atoms with Gasteiger partial charge in [0, 0.05) is 32.2 Å². The second-order valence-electron chi connectivity index (χ2n) is 5.39. The number of hydrogen-bond acceptors (Lipinski definition) is 5. The van der Waals surface area contributed by atoms with Gasteiger partial charge in [-0.2, -0.15) is 0 Å². The summed E-state index contributed by atoms with van der Waals surface area (Å²) < 4.78 is 3.83.